The number of rotatable bonds is 5. The highest BCUT2D eigenvalue weighted by Gasteiger charge is 2.35. The second kappa shape index (κ2) is 9.22. The first-order valence-corrected chi connectivity index (χ1v) is 10.7. The molecule has 3 aromatic carbocycles. The fraction of sp³-hybridized carbons (Fsp3) is 0.231. The highest BCUT2D eigenvalue weighted by Crippen LogP contribution is 2.47. The number of hydrogen-bond donors (Lipinski definition) is 2. The smallest absolute Gasteiger partial charge is 0.221 e. The molecule has 0 spiro atoms. The van der Waals surface area contributed by atoms with E-state index >= 15 is 0 Å². The Labute approximate surface area is 187 Å². The number of benzene rings is 3. The number of nitrogens with zero attached hydrogens (tertiary/aromatic N) is 1. The molecule has 0 saturated carbocycles. The minimum Gasteiger partial charge on any atom is -0.357 e. The molecule has 2 atom stereocenters. The van der Waals surface area contributed by atoms with Crippen molar-refractivity contribution in [1.82, 2.24) is 0 Å². The molecule has 1 saturated heterocycles. The van der Waals surface area contributed by atoms with E-state index in [1.54, 1.807) is 0 Å². The number of carbonyl (C=O) groups excluding carboxylic acids is 2. The summed E-state index contributed by atoms with van der Waals surface area (Å²) in [7, 11) is 0. The van der Waals surface area contributed by atoms with Gasteiger partial charge in [0.2, 0.25) is 11.8 Å². The Morgan fingerprint density at radius 2 is 1.12 bits per heavy atom. The van der Waals surface area contributed by atoms with Crippen LogP contribution in [0.2, 0.25) is 0 Å². The van der Waals surface area contributed by atoms with E-state index in [-0.39, 0.29) is 29.7 Å². The molecule has 0 bridgehead atoms. The molecule has 0 radical (unpaired) electrons. The summed E-state index contributed by atoms with van der Waals surface area (Å²) >= 11 is 0. The molecule has 1 aliphatic rings. The average molecular weight is 432 g/mol. The van der Waals surface area contributed by atoms with Gasteiger partial charge >= 0.3 is 0 Å². The van der Waals surface area contributed by atoms with Gasteiger partial charge < -0.3 is 15.5 Å². The van der Waals surface area contributed by atoms with E-state index in [4.69, 9.17) is 0 Å². The lowest BCUT2D eigenvalue weighted by Crippen LogP contribution is -2.26. The number of nitrogens with one attached hydrogen (secondary N) is 2. The fourth-order valence-corrected chi connectivity index (χ4v) is 4.42. The number of anilines is 3. The molecule has 2 unspecified atom stereocenters. The average Bonchev–Trinajstić information content (AvgIpc) is 3.19. The number of hydrogen-bond acceptors (Lipinski definition) is 3. The highest BCUT2D eigenvalue weighted by molar-refractivity contribution is 5.89. The van der Waals surface area contributed by atoms with Crippen molar-refractivity contribution in [3.63, 3.8) is 0 Å². The Kier molecular flexibility index (Phi) is 6.21. The van der Waals surface area contributed by atoms with Crippen molar-refractivity contribution in [3.8, 4) is 0 Å². The lowest BCUT2D eigenvalue weighted by Gasteiger charge is -2.33. The van der Waals surface area contributed by atoms with Gasteiger partial charge in [0.25, 0.3) is 0 Å². The maximum atomic E-state index is 13.6. The largest absolute Gasteiger partial charge is 0.357 e. The van der Waals surface area contributed by atoms with Crippen LogP contribution in [0.5, 0.6) is 0 Å². The van der Waals surface area contributed by atoms with Gasteiger partial charge in [-0.2, -0.15) is 0 Å². The molecule has 1 heterocycles. The third kappa shape index (κ3) is 4.80. The third-order valence-corrected chi connectivity index (χ3v) is 5.74. The zero-order valence-corrected chi connectivity index (χ0v) is 18.1. The third-order valence-electron chi connectivity index (χ3n) is 5.74. The molecule has 2 amide bonds. The second-order valence-electron chi connectivity index (χ2n) is 8.10. The maximum absolute atomic E-state index is 13.6. The van der Waals surface area contributed by atoms with Crippen LogP contribution in [0.25, 0.3) is 0 Å². The van der Waals surface area contributed by atoms with Crippen molar-refractivity contribution in [2.45, 2.75) is 38.8 Å². The van der Waals surface area contributed by atoms with Crippen molar-refractivity contribution in [2.24, 2.45) is 0 Å². The summed E-state index contributed by atoms with van der Waals surface area (Å²) in [6, 6.07) is 22.6. The first-order chi connectivity index (χ1) is 15.4. The Morgan fingerprint density at radius 3 is 1.50 bits per heavy atom. The van der Waals surface area contributed by atoms with Gasteiger partial charge in [0.1, 0.15) is 5.82 Å². The maximum Gasteiger partial charge on any atom is 0.221 e. The minimum atomic E-state index is -0.264. The van der Waals surface area contributed by atoms with Gasteiger partial charge in [0.05, 0.1) is 12.1 Å². The standard InChI is InChI=1S/C26H26FN3O2/c1-17(31)28-22-9-3-19(4-10-22)25-15-16-26(30(25)24-13-7-21(27)8-14-24)20-5-11-23(12-6-20)29-18(2)32/h3-14,25-26H,15-16H2,1-2H3,(H,28,31)(H,29,32). The van der Waals surface area contributed by atoms with Gasteiger partial charge in [-0.3, -0.25) is 9.59 Å². The summed E-state index contributed by atoms with van der Waals surface area (Å²) in [6.45, 7) is 2.98. The Bertz CT molecular complexity index is 1030. The van der Waals surface area contributed by atoms with Gasteiger partial charge in [-0.1, -0.05) is 24.3 Å². The zero-order valence-electron chi connectivity index (χ0n) is 18.1. The summed E-state index contributed by atoms with van der Waals surface area (Å²) in [6.07, 6.45) is 1.88. The quantitative estimate of drug-likeness (QED) is 0.535. The normalized spacial score (nSPS) is 17.8. The number of amides is 2. The van der Waals surface area contributed by atoms with Crippen molar-refractivity contribution in [2.75, 3.05) is 15.5 Å². The predicted molar refractivity (Wildman–Crippen MR) is 125 cm³/mol. The lowest BCUT2D eigenvalue weighted by molar-refractivity contribution is -0.115. The van der Waals surface area contributed by atoms with Crippen molar-refractivity contribution < 1.29 is 14.0 Å². The number of carbonyl (C=O) groups is 2. The van der Waals surface area contributed by atoms with E-state index in [1.807, 2.05) is 60.7 Å². The van der Waals surface area contributed by atoms with Gasteiger partial charge in [-0.05, 0) is 72.5 Å². The van der Waals surface area contributed by atoms with Crippen LogP contribution in [0.15, 0.2) is 72.8 Å². The molecule has 1 aliphatic heterocycles. The monoisotopic (exact) mass is 431 g/mol. The topological polar surface area (TPSA) is 61.4 Å². The van der Waals surface area contributed by atoms with Crippen molar-refractivity contribution in [3.05, 3.63) is 89.7 Å². The molecule has 0 aliphatic carbocycles. The molecular weight excluding hydrogens is 405 g/mol. The minimum absolute atomic E-state index is 0.102. The van der Waals surface area contributed by atoms with Crippen molar-refractivity contribution in [1.29, 1.82) is 0 Å². The molecule has 32 heavy (non-hydrogen) atoms. The first kappa shape index (κ1) is 21.6. The zero-order chi connectivity index (χ0) is 22.7. The van der Waals surface area contributed by atoms with E-state index in [0.717, 1.165) is 41.0 Å². The van der Waals surface area contributed by atoms with Crippen LogP contribution in [-0.4, -0.2) is 11.8 Å². The summed E-state index contributed by atoms with van der Waals surface area (Å²) in [4.78, 5) is 25.0. The van der Waals surface area contributed by atoms with Gasteiger partial charge in [-0.15, -0.1) is 0 Å². The number of halogens is 1. The van der Waals surface area contributed by atoms with E-state index in [1.165, 1.54) is 26.0 Å². The molecule has 0 aromatic heterocycles. The molecule has 4 rings (SSSR count). The van der Waals surface area contributed by atoms with E-state index in [0.29, 0.717) is 0 Å². The van der Waals surface area contributed by atoms with Crippen LogP contribution >= 0.6 is 0 Å². The second-order valence-corrected chi connectivity index (χ2v) is 8.10. The first-order valence-electron chi connectivity index (χ1n) is 10.7. The van der Waals surface area contributed by atoms with Crippen LogP contribution < -0.4 is 15.5 Å². The molecule has 5 nitrogen and oxygen atoms in total. The van der Waals surface area contributed by atoms with Gasteiger partial charge in [0.15, 0.2) is 0 Å². The Hall–Kier alpha value is -3.67. The summed E-state index contributed by atoms with van der Waals surface area (Å²) in [5, 5.41) is 5.60. The fourth-order valence-electron chi connectivity index (χ4n) is 4.42. The molecule has 164 valence electrons. The summed E-state index contributed by atoms with van der Waals surface area (Å²) in [5.74, 6) is -0.468. The lowest BCUT2D eigenvalue weighted by atomic mass is 10.0. The van der Waals surface area contributed by atoms with Crippen LogP contribution in [0, 0.1) is 5.82 Å². The molecule has 3 aromatic rings. The highest BCUT2D eigenvalue weighted by atomic mass is 19.1. The van der Waals surface area contributed by atoms with Crippen molar-refractivity contribution >= 4 is 28.9 Å². The molecular formula is C26H26FN3O2. The Morgan fingerprint density at radius 1 is 0.719 bits per heavy atom. The van der Waals surface area contributed by atoms with E-state index in [2.05, 4.69) is 15.5 Å². The predicted octanol–water partition coefficient (Wildman–Crippen LogP) is 5.83. The SMILES string of the molecule is CC(=O)Nc1ccc(C2CCC(c3ccc(NC(C)=O)cc3)N2c2ccc(F)cc2)cc1. The van der Waals surface area contributed by atoms with Gasteiger partial charge in [-0.25, -0.2) is 4.39 Å². The molecule has 2 N–H and O–H groups in total. The van der Waals surface area contributed by atoms with Crippen LogP contribution in [-0.2, 0) is 9.59 Å². The van der Waals surface area contributed by atoms with E-state index in [9.17, 15) is 14.0 Å². The Balaban J connectivity index is 1.66. The van der Waals surface area contributed by atoms with Crippen LogP contribution in [0.3, 0.4) is 0 Å². The summed E-state index contributed by atoms with van der Waals surface area (Å²) in [5.41, 5.74) is 4.76. The van der Waals surface area contributed by atoms with E-state index < -0.39 is 0 Å². The van der Waals surface area contributed by atoms with Crippen LogP contribution in [0.4, 0.5) is 21.5 Å². The van der Waals surface area contributed by atoms with Crippen LogP contribution in [0.1, 0.15) is 49.9 Å². The van der Waals surface area contributed by atoms with Gasteiger partial charge in [0, 0.05) is 30.9 Å². The molecule has 1 fully saturated rings. The molecule has 6 heteroatoms. The summed E-state index contributed by atoms with van der Waals surface area (Å²) < 4.78 is 13.6.